The van der Waals surface area contributed by atoms with E-state index in [0.29, 0.717) is 16.4 Å². The Balaban J connectivity index is 1.78. The maximum absolute atomic E-state index is 13.0. The second-order valence-corrected chi connectivity index (χ2v) is 9.94. The van der Waals surface area contributed by atoms with Gasteiger partial charge in [-0.2, -0.15) is 0 Å². The van der Waals surface area contributed by atoms with Crippen molar-refractivity contribution >= 4 is 69.5 Å². The van der Waals surface area contributed by atoms with Crippen molar-refractivity contribution in [1.29, 1.82) is 0 Å². The molecule has 182 valence electrons. The smallest absolute Gasteiger partial charge is 0.359 e. The first-order chi connectivity index (χ1) is 16.2. The Hall–Kier alpha value is -3.04. The monoisotopic (exact) mass is 527 g/mol. The van der Waals surface area contributed by atoms with Crippen LogP contribution >= 0.6 is 34.9 Å². The van der Waals surface area contributed by atoms with Crippen LogP contribution in [0.25, 0.3) is 0 Å². The van der Waals surface area contributed by atoms with E-state index in [1.165, 1.54) is 47.7 Å². The maximum Gasteiger partial charge on any atom is 0.359 e. The van der Waals surface area contributed by atoms with Crippen LogP contribution in [0.5, 0.6) is 0 Å². The summed E-state index contributed by atoms with van der Waals surface area (Å²) in [6.07, 6.45) is 0.498. The third-order valence-electron chi connectivity index (χ3n) is 4.47. The molecular weight excluding hydrogens is 506 g/mol. The number of carbonyl (C=O) groups excluding carboxylic acids is 4. The van der Waals surface area contributed by atoms with Gasteiger partial charge in [-0.1, -0.05) is 11.2 Å². The molecule has 4 N–H and O–H groups in total. The normalized spacial score (nSPS) is 20.7. The van der Waals surface area contributed by atoms with E-state index in [2.05, 4.69) is 22.0 Å². The second-order valence-electron chi connectivity index (χ2n) is 6.83. The van der Waals surface area contributed by atoms with E-state index < -0.39 is 47.2 Å². The fraction of sp³-hybridized carbons (Fsp3) is 0.368. The Bertz CT molecular complexity index is 1090. The molecule has 1 fully saturated rings. The Morgan fingerprint density at radius 3 is 2.82 bits per heavy atom. The molecule has 1 aromatic heterocycles. The Morgan fingerprint density at radius 1 is 1.50 bits per heavy atom. The van der Waals surface area contributed by atoms with Crippen molar-refractivity contribution in [3.8, 4) is 0 Å². The highest BCUT2D eigenvalue weighted by molar-refractivity contribution is 8.06. The van der Waals surface area contributed by atoms with E-state index in [4.69, 9.17) is 15.2 Å². The molecule has 0 aromatic carbocycles. The number of anilines is 1. The van der Waals surface area contributed by atoms with Crippen LogP contribution in [0.2, 0.25) is 0 Å². The molecule has 1 aromatic rings. The Labute approximate surface area is 206 Å². The molecule has 12 nitrogen and oxygen atoms in total. The molecule has 1 unspecified atom stereocenters. The molecule has 2 aliphatic heterocycles. The molecular formula is C19H21N5O7S3. The van der Waals surface area contributed by atoms with E-state index in [9.17, 15) is 24.4 Å². The molecule has 15 heteroatoms. The number of hydrogen-bond acceptors (Lipinski definition) is 13. The van der Waals surface area contributed by atoms with Crippen molar-refractivity contribution < 1.29 is 33.9 Å². The molecule has 3 rings (SSSR count). The van der Waals surface area contributed by atoms with Crippen LogP contribution in [0.3, 0.4) is 0 Å². The maximum atomic E-state index is 13.0. The molecule has 2 aliphatic rings. The summed E-state index contributed by atoms with van der Waals surface area (Å²) >= 11 is 3.72. The van der Waals surface area contributed by atoms with Crippen LogP contribution in [0.15, 0.2) is 33.8 Å². The lowest BCUT2D eigenvalue weighted by molar-refractivity contribution is -0.182. The fourth-order valence-electron chi connectivity index (χ4n) is 3.13. The summed E-state index contributed by atoms with van der Waals surface area (Å²) in [6, 6.07) is -0.982. The molecule has 3 atom stereocenters. The number of aromatic nitrogens is 1. The average Bonchev–Trinajstić information content (AvgIpc) is 3.20. The van der Waals surface area contributed by atoms with Crippen molar-refractivity contribution in [1.82, 2.24) is 15.2 Å². The van der Waals surface area contributed by atoms with Crippen molar-refractivity contribution in [2.24, 2.45) is 5.16 Å². The van der Waals surface area contributed by atoms with Gasteiger partial charge in [0.15, 0.2) is 10.8 Å². The third-order valence-corrected chi connectivity index (χ3v) is 7.70. The molecule has 0 spiro atoms. The molecule has 34 heavy (non-hydrogen) atoms. The number of nitrogens with zero attached hydrogens (tertiary/aromatic N) is 3. The highest BCUT2D eigenvalue weighted by Crippen LogP contribution is 2.43. The first-order valence-corrected chi connectivity index (χ1v) is 12.6. The predicted molar refractivity (Wildman–Crippen MR) is 127 cm³/mol. The fourth-order valence-corrected chi connectivity index (χ4v) is 6.05. The number of nitrogens with one attached hydrogen (secondary N) is 1. The van der Waals surface area contributed by atoms with Gasteiger partial charge in [-0.3, -0.25) is 19.3 Å². The lowest BCUT2D eigenvalue weighted by Crippen LogP contribution is -2.71. The number of β-lactam (4-membered cyclic amide) rings is 1. The summed E-state index contributed by atoms with van der Waals surface area (Å²) in [7, 11) is 0. The van der Waals surface area contributed by atoms with Gasteiger partial charge >= 0.3 is 11.9 Å². The van der Waals surface area contributed by atoms with E-state index in [-0.39, 0.29) is 16.5 Å². The zero-order chi connectivity index (χ0) is 25.0. The molecule has 0 radical (unpaired) electrons. The minimum atomic E-state index is -1.16. The number of oxime groups is 1. The van der Waals surface area contributed by atoms with Gasteiger partial charge in [-0.25, -0.2) is 9.78 Å². The summed E-state index contributed by atoms with van der Waals surface area (Å²) in [4.78, 5) is 55.4. The van der Waals surface area contributed by atoms with E-state index >= 15 is 0 Å². The van der Waals surface area contributed by atoms with Gasteiger partial charge in [-0.15, -0.1) is 41.4 Å². The van der Waals surface area contributed by atoms with Gasteiger partial charge in [0.1, 0.15) is 22.8 Å². The van der Waals surface area contributed by atoms with E-state index in [1.807, 2.05) is 0 Å². The molecule has 0 aliphatic carbocycles. The highest BCUT2D eigenvalue weighted by Gasteiger charge is 2.55. The van der Waals surface area contributed by atoms with Gasteiger partial charge in [0.2, 0.25) is 6.29 Å². The number of hydrogen-bond donors (Lipinski definition) is 3. The first kappa shape index (κ1) is 25.6. The van der Waals surface area contributed by atoms with Crippen LogP contribution in [-0.2, 0) is 28.7 Å². The third kappa shape index (κ3) is 5.37. The Morgan fingerprint density at radius 2 is 2.24 bits per heavy atom. The number of nitrogen functional groups attached to an aromatic ring is 1. The summed E-state index contributed by atoms with van der Waals surface area (Å²) < 4.78 is 10.1. The number of ether oxygens (including phenoxy) is 2. The molecule has 0 saturated carbocycles. The lowest BCUT2D eigenvalue weighted by Gasteiger charge is -2.49. The summed E-state index contributed by atoms with van der Waals surface area (Å²) in [5.74, 6) is -1.97. The highest BCUT2D eigenvalue weighted by atomic mass is 32.2. The standard InChI is InChI=1S/C19H21N5O7S3/c1-4-5-32-11-7-33-17-13(22-15(26)12(23-29)10-6-34-19(20)21-10)16(27)24(17)14(11)18(28)31-9(3)30-8(2)25/h4,6,9,13,17,29H,1,5,7H2,2-3H3,(H2,20,21)(H,22,26)/b23-12-/t9?,13-,17-/m1/s1. The zero-order valence-corrected chi connectivity index (χ0v) is 20.5. The van der Waals surface area contributed by atoms with E-state index in [0.717, 1.165) is 11.3 Å². The van der Waals surface area contributed by atoms with Crippen molar-refractivity contribution in [3.63, 3.8) is 0 Å². The number of amides is 2. The average molecular weight is 528 g/mol. The summed E-state index contributed by atoms with van der Waals surface area (Å²) in [5, 5.41) is 15.8. The largest absolute Gasteiger partial charge is 0.426 e. The van der Waals surface area contributed by atoms with Crippen LogP contribution in [0.4, 0.5) is 5.13 Å². The minimum Gasteiger partial charge on any atom is -0.426 e. The number of rotatable bonds is 9. The van der Waals surface area contributed by atoms with Crippen molar-refractivity contribution in [3.05, 3.63) is 34.3 Å². The van der Waals surface area contributed by atoms with Crippen LogP contribution in [-0.4, -0.2) is 73.8 Å². The summed E-state index contributed by atoms with van der Waals surface area (Å²) in [6.45, 7) is 6.22. The van der Waals surface area contributed by atoms with Gasteiger partial charge < -0.3 is 25.7 Å². The topological polar surface area (TPSA) is 174 Å². The molecule has 3 heterocycles. The van der Waals surface area contributed by atoms with Gasteiger partial charge in [0.05, 0.1) is 0 Å². The number of nitrogens with two attached hydrogens (primary N) is 1. The minimum absolute atomic E-state index is 0.0217. The van der Waals surface area contributed by atoms with Crippen molar-refractivity contribution in [2.45, 2.75) is 31.6 Å². The molecule has 0 bridgehead atoms. The SMILES string of the molecule is C=CCSC1=C(C(=O)OC(C)OC(C)=O)N2C(=O)[C@@H](NC(=O)/C(=N\O)c3csc(N)n3)[C@H]2SC1. The lowest BCUT2D eigenvalue weighted by atomic mass is 10.0. The van der Waals surface area contributed by atoms with E-state index in [1.54, 1.807) is 6.08 Å². The van der Waals surface area contributed by atoms with Gasteiger partial charge in [0, 0.05) is 35.6 Å². The first-order valence-electron chi connectivity index (χ1n) is 9.71. The molecule has 1 saturated heterocycles. The van der Waals surface area contributed by atoms with Crippen LogP contribution < -0.4 is 11.1 Å². The second kappa shape index (κ2) is 10.9. The van der Waals surface area contributed by atoms with Crippen LogP contribution in [0, 0.1) is 0 Å². The number of thioether (sulfide) groups is 2. The predicted octanol–water partition coefficient (Wildman–Crippen LogP) is 0.887. The van der Waals surface area contributed by atoms with Gasteiger partial charge in [-0.05, 0) is 0 Å². The Kier molecular flexibility index (Phi) is 8.22. The number of carbonyl (C=O) groups is 4. The van der Waals surface area contributed by atoms with Crippen molar-refractivity contribution in [2.75, 3.05) is 17.2 Å². The van der Waals surface area contributed by atoms with Crippen LogP contribution in [0.1, 0.15) is 19.5 Å². The number of fused-ring (bicyclic) bond motifs is 1. The zero-order valence-electron chi connectivity index (χ0n) is 18.0. The molecule has 2 amide bonds. The number of esters is 2. The quantitative estimate of drug-likeness (QED) is 0.0791. The van der Waals surface area contributed by atoms with Gasteiger partial charge in [0.25, 0.3) is 11.8 Å². The number of thiazole rings is 1. The summed E-state index contributed by atoms with van der Waals surface area (Å²) in [5.41, 5.74) is 5.25.